The molecule has 2 amide bonds. The number of amides is 2. The lowest BCUT2D eigenvalue weighted by atomic mass is 9.96. The van der Waals surface area contributed by atoms with Crippen LogP contribution >= 0.6 is 0 Å². The zero-order valence-electron chi connectivity index (χ0n) is 19.2. The fourth-order valence-corrected chi connectivity index (χ4v) is 3.66. The van der Waals surface area contributed by atoms with Crippen molar-refractivity contribution in [2.75, 3.05) is 4.90 Å². The van der Waals surface area contributed by atoms with Crippen LogP contribution in [0.2, 0.25) is 0 Å². The van der Waals surface area contributed by atoms with Crippen LogP contribution in [0, 0.1) is 0 Å². The van der Waals surface area contributed by atoms with Crippen molar-refractivity contribution in [2.24, 2.45) is 0 Å². The summed E-state index contributed by atoms with van der Waals surface area (Å²) in [6.45, 7) is 6.19. The average Bonchev–Trinajstić information content (AvgIpc) is 2.71. The van der Waals surface area contributed by atoms with Gasteiger partial charge in [0, 0.05) is 12.6 Å². The Morgan fingerprint density at radius 3 is 2.29 bits per heavy atom. The molecule has 1 N–H and O–H groups in total. The minimum Gasteiger partial charge on any atom is -0.444 e. The van der Waals surface area contributed by atoms with E-state index >= 15 is 0 Å². The largest absolute Gasteiger partial charge is 0.444 e. The van der Waals surface area contributed by atoms with Crippen LogP contribution < -0.4 is 10.2 Å². The molecule has 6 nitrogen and oxygen atoms in total. The van der Waals surface area contributed by atoms with Gasteiger partial charge >= 0.3 is 18.4 Å². The van der Waals surface area contributed by atoms with Gasteiger partial charge in [-0.15, -0.1) is 0 Å². The predicted octanol–water partition coefficient (Wildman–Crippen LogP) is 5.66. The molecule has 1 aliphatic heterocycles. The molecule has 1 aliphatic rings. The number of fused-ring (bicyclic) bond motifs is 1. The van der Waals surface area contributed by atoms with Crippen LogP contribution in [-0.2, 0) is 28.3 Å². The van der Waals surface area contributed by atoms with Gasteiger partial charge in [-0.25, -0.2) is 4.79 Å². The van der Waals surface area contributed by atoms with Crippen molar-refractivity contribution in [2.45, 2.75) is 64.2 Å². The molecular weight excluding hydrogens is 480 g/mol. The van der Waals surface area contributed by atoms with Crippen molar-refractivity contribution in [1.82, 2.24) is 10.3 Å². The first kappa shape index (κ1) is 26.3. The number of pyridine rings is 1. The van der Waals surface area contributed by atoms with E-state index in [1.807, 2.05) is 0 Å². The molecule has 0 spiro atoms. The van der Waals surface area contributed by atoms with Gasteiger partial charge in [0.25, 0.3) is 5.91 Å². The van der Waals surface area contributed by atoms with Crippen molar-refractivity contribution in [3.8, 4) is 0 Å². The maximum atomic E-state index is 13.4. The monoisotopic (exact) mass is 503 g/mol. The topological polar surface area (TPSA) is 71.5 Å². The van der Waals surface area contributed by atoms with E-state index in [0.29, 0.717) is 6.20 Å². The lowest BCUT2D eigenvalue weighted by molar-refractivity contribution is -0.138. The Balaban J connectivity index is 2.06. The zero-order valence-corrected chi connectivity index (χ0v) is 19.2. The van der Waals surface area contributed by atoms with Crippen molar-refractivity contribution in [3.05, 3.63) is 58.9 Å². The van der Waals surface area contributed by atoms with E-state index in [2.05, 4.69) is 10.3 Å². The Kier molecular flexibility index (Phi) is 6.80. The van der Waals surface area contributed by atoms with Gasteiger partial charge in [-0.1, -0.05) is 12.1 Å². The van der Waals surface area contributed by atoms with Gasteiger partial charge in [0.15, 0.2) is 0 Å². The fraction of sp³-hybridized carbons (Fsp3) is 0.435. The number of aromatic nitrogens is 1. The number of alkyl carbamates (subject to hydrolysis) is 1. The summed E-state index contributed by atoms with van der Waals surface area (Å²) in [5.74, 6) is -0.811. The van der Waals surface area contributed by atoms with Gasteiger partial charge in [0.1, 0.15) is 11.6 Å². The highest BCUT2D eigenvalue weighted by atomic mass is 19.4. The highest BCUT2D eigenvalue weighted by Crippen LogP contribution is 2.39. The number of nitrogens with zero attached hydrogens (tertiary/aromatic N) is 2. The Labute approximate surface area is 197 Å². The molecule has 2 atom stereocenters. The lowest BCUT2D eigenvalue weighted by Crippen LogP contribution is -2.54. The van der Waals surface area contributed by atoms with Gasteiger partial charge in [-0.3, -0.25) is 9.78 Å². The summed E-state index contributed by atoms with van der Waals surface area (Å²) >= 11 is 0. The molecule has 0 fully saturated rings. The SMILES string of the molecule is C[C@@H](c1cccc(C(F)(F)F)c1)N1C(=O)[C@H](NC(=O)OC(C)(C)C)Cc2ncc(C(F)(F)F)cc21. The van der Waals surface area contributed by atoms with Crippen molar-refractivity contribution >= 4 is 17.7 Å². The van der Waals surface area contributed by atoms with Crippen LogP contribution in [0.3, 0.4) is 0 Å². The van der Waals surface area contributed by atoms with E-state index in [4.69, 9.17) is 4.74 Å². The number of nitrogens with one attached hydrogen (secondary N) is 1. The molecular formula is C23H23F6N3O3. The van der Waals surface area contributed by atoms with Crippen LogP contribution in [-0.4, -0.2) is 28.6 Å². The van der Waals surface area contributed by atoms with Crippen LogP contribution in [0.5, 0.6) is 0 Å². The summed E-state index contributed by atoms with van der Waals surface area (Å²) in [5, 5.41) is 2.39. The molecule has 2 heterocycles. The molecule has 0 saturated heterocycles. The number of anilines is 1. The lowest BCUT2D eigenvalue weighted by Gasteiger charge is -2.38. The second kappa shape index (κ2) is 9.04. The summed E-state index contributed by atoms with van der Waals surface area (Å²) in [4.78, 5) is 30.4. The quantitative estimate of drug-likeness (QED) is 0.549. The number of carbonyl (C=O) groups excluding carboxylic acids is 2. The molecule has 0 radical (unpaired) electrons. The Bertz CT molecular complexity index is 1120. The minimum atomic E-state index is -4.76. The summed E-state index contributed by atoms with van der Waals surface area (Å²) in [7, 11) is 0. The third kappa shape index (κ3) is 6.04. The molecule has 190 valence electrons. The molecule has 12 heteroatoms. The normalized spacial score (nSPS) is 17.6. The number of halogens is 6. The van der Waals surface area contributed by atoms with Gasteiger partial charge in [0.2, 0.25) is 0 Å². The Morgan fingerprint density at radius 2 is 1.71 bits per heavy atom. The Morgan fingerprint density at radius 1 is 1.09 bits per heavy atom. The maximum Gasteiger partial charge on any atom is 0.417 e. The van der Waals surface area contributed by atoms with Gasteiger partial charge in [-0.2, -0.15) is 26.3 Å². The number of ether oxygens (including phenoxy) is 1. The second-order valence-corrected chi connectivity index (χ2v) is 9.10. The van der Waals surface area contributed by atoms with E-state index < -0.39 is 53.2 Å². The molecule has 2 aromatic rings. The molecule has 0 bridgehead atoms. The highest BCUT2D eigenvalue weighted by molar-refractivity contribution is 6.02. The third-order valence-electron chi connectivity index (χ3n) is 5.24. The maximum absolute atomic E-state index is 13.4. The summed E-state index contributed by atoms with van der Waals surface area (Å²) in [5.41, 5.74) is -3.07. The van der Waals surface area contributed by atoms with E-state index in [-0.39, 0.29) is 23.4 Å². The number of alkyl halides is 6. The first-order valence-electron chi connectivity index (χ1n) is 10.5. The van der Waals surface area contributed by atoms with Crippen LogP contribution in [0.25, 0.3) is 0 Å². The van der Waals surface area contributed by atoms with Crippen LogP contribution in [0.1, 0.15) is 56.1 Å². The van der Waals surface area contributed by atoms with E-state index in [1.54, 1.807) is 20.8 Å². The molecule has 35 heavy (non-hydrogen) atoms. The van der Waals surface area contributed by atoms with Crippen molar-refractivity contribution in [3.63, 3.8) is 0 Å². The molecule has 0 aliphatic carbocycles. The smallest absolute Gasteiger partial charge is 0.417 e. The summed E-state index contributed by atoms with van der Waals surface area (Å²) in [6.07, 6.45) is -9.98. The molecule has 1 aromatic heterocycles. The second-order valence-electron chi connectivity index (χ2n) is 9.10. The first-order valence-corrected chi connectivity index (χ1v) is 10.5. The van der Waals surface area contributed by atoms with E-state index in [0.717, 1.165) is 29.2 Å². The Hall–Kier alpha value is -3.31. The number of hydrogen-bond acceptors (Lipinski definition) is 4. The number of benzene rings is 1. The average molecular weight is 503 g/mol. The van der Waals surface area contributed by atoms with Gasteiger partial charge in [0.05, 0.1) is 28.6 Å². The number of hydrogen-bond donors (Lipinski definition) is 1. The van der Waals surface area contributed by atoms with E-state index in [1.165, 1.54) is 13.0 Å². The van der Waals surface area contributed by atoms with E-state index in [9.17, 15) is 35.9 Å². The molecule has 0 saturated carbocycles. The number of carbonyl (C=O) groups is 2. The summed E-state index contributed by atoms with van der Waals surface area (Å²) in [6, 6.07) is 2.51. The van der Waals surface area contributed by atoms with Crippen molar-refractivity contribution < 1.29 is 40.7 Å². The fourth-order valence-electron chi connectivity index (χ4n) is 3.66. The standard InChI is InChI=1S/C23H23F6N3O3/c1-12(13-6-5-7-14(8-13)22(24,25)26)32-18-9-15(23(27,28)29)11-30-16(18)10-17(19(32)33)31-20(34)35-21(2,3)4/h5-9,11-12,17H,10H2,1-4H3,(H,31,34)/t12-,17+/m0/s1. The van der Waals surface area contributed by atoms with Gasteiger partial charge in [-0.05, 0) is 51.5 Å². The summed E-state index contributed by atoms with van der Waals surface area (Å²) < 4.78 is 84.9. The predicted molar refractivity (Wildman–Crippen MR) is 113 cm³/mol. The van der Waals surface area contributed by atoms with Gasteiger partial charge < -0.3 is 15.0 Å². The minimum absolute atomic E-state index is 0.0365. The molecule has 0 unspecified atom stereocenters. The highest BCUT2D eigenvalue weighted by Gasteiger charge is 2.41. The molecule has 3 rings (SSSR count). The zero-order chi connectivity index (χ0) is 26.3. The van der Waals surface area contributed by atoms with Crippen LogP contribution in [0.4, 0.5) is 36.8 Å². The first-order chi connectivity index (χ1) is 16.0. The van der Waals surface area contributed by atoms with Crippen molar-refractivity contribution in [1.29, 1.82) is 0 Å². The number of rotatable bonds is 3. The van der Waals surface area contributed by atoms with Crippen LogP contribution in [0.15, 0.2) is 36.5 Å². The molecule has 1 aromatic carbocycles. The third-order valence-corrected chi connectivity index (χ3v) is 5.24.